The lowest BCUT2D eigenvalue weighted by molar-refractivity contribution is 0.0955. The van der Waals surface area contributed by atoms with E-state index in [0.717, 1.165) is 20.9 Å². The van der Waals surface area contributed by atoms with Gasteiger partial charge in [-0.25, -0.2) is 5.43 Å². The number of carbonyl (C=O) groups excluding carboxylic acids is 1. The Bertz CT molecular complexity index is 794. The number of hydrogen-bond donors (Lipinski definition) is 1. The highest BCUT2D eigenvalue weighted by molar-refractivity contribution is 9.10. The lowest BCUT2D eigenvalue weighted by Gasteiger charge is -2.14. The molecule has 2 aromatic rings. The number of amides is 1. The summed E-state index contributed by atoms with van der Waals surface area (Å²) in [4.78, 5) is 12.1. The van der Waals surface area contributed by atoms with Crippen molar-refractivity contribution in [2.24, 2.45) is 5.10 Å². The lowest BCUT2D eigenvalue weighted by atomic mass is 10.2. The van der Waals surface area contributed by atoms with E-state index in [-0.39, 0.29) is 5.91 Å². The number of hydrazone groups is 1. The van der Waals surface area contributed by atoms with E-state index in [0.29, 0.717) is 30.3 Å². The van der Waals surface area contributed by atoms with Crippen molar-refractivity contribution in [2.75, 3.05) is 13.2 Å². The maximum absolute atomic E-state index is 12.1. The Hall–Kier alpha value is -1.86. The van der Waals surface area contributed by atoms with Crippen LogP contribution in [0.15, 0.2) is 50.4 Å². The minimum absolute atomic E-state index is 0.283. The quantitative estimate of drug-likeness (QED) is 0.416. The Morgan fingerprint density at radius 1 is 1.19 bits per heavy atom. The van der Waals surface area contributed by atoms with E-state index in [1.165, 1.54) is 0 Å². The molecule has 0 aromatic heterocycles. The normalized spacial score (nSPS) is 10.8. The zero-order valence-electron chi connectivity index (χ0n) is 14.6. The van der Waals surface area contributed by atoms with E-state index in [1.54, 1.807) is 24.4 Å². The van der Waals surface area contributed by atoms with Crippen LogP contribution in [-0.4, -0.2) is 25.3 Å². The molecular weight excluding hydrogens is 464 g/mol. The summed E-state index contributed by atoms with van der Waals surface area (Å²) in [5.74, 6) is 1.02. The molecule has 1 N–H and O–H groups in total. The first-order valence-electron chi connectivity index (χ1n) is 8.23. The summed E-state index contributed by atoms with van der Waals surface area (Å²) in [6.45, 7) is 5.09. The van der Waals surface area contributed by atoms with Gasteiger partial charge in [0.2, 0.25) is 0 Å². The van der Waals surface area contributed by atoms with Gasteiger partial charge >= 0.3 is 0 Å². The van der Waals surface area contributed by atoms with Crippen LogP contribution in [0.3, 0.4) is 0 Å². The second-order valence-corrected chi connectivity index (χ2v) is 7.09. The molecule has 0 aliphatic carbocycles. The molecule has 0 aliphatic rings. The second-order valence-electron chi connectivity index (χ2n) is 5.32. The van der Waals surface area contributed by atoms with Crippen molar-refractivity contribution in [3.63, 3.8) is 0 Å². The molecule has 0 spiro atoms. The predicted octanol–water partition coefficient (Wildman–Crippen LogP) is 5.16. The number of nitrogens with zero attached hydrogens (tertiary/aromatic N) is 1. The molecule has 138 valence electrons. The highest BCUT2D eigenvalue weighted by Gasteiger charge is 2.11. The predicted molar refractivity (Wildman–Crippen MR) is 110 cm³/mol. The zero-order chi connectivity index (χ0) is 18.9. The van der Waals surface area contributed by atoms with Gasteiger partial charge < -0.3 is 9.47 Å². The summed E-state index contributed by atoms with van der Waals surface area (Å²) in [7, 11) is 0. The van der Waals surface area contributed by atoms with Crippen molar-refractivity contribution in [1.29, 1.82) is 0 Å². The molecular formula is C19H20Br2N2O3. The van der Waals surface area contributed by atoms with Gasteiger partial charge in [-0.1, -0.05) is 28.9 Å². The van der Waals surface area contributed by atoms with Crippen LogP contribution in [0.5, 0.6) is 11.5 Å². The van der Waals surface area contributed by atoms with E-state index in [2.05, 4.69) is 42.4 Å². The average molecular weight is 484 g/mol. The minimum atomic E-state index is -0.283. The van der Waals surface area contributed by atoms with Crippen LogP contribution in [0.2, 0.25) is 0 Å². The average Bonchev–Trinajstić information content (AvgIpc) is 2.61. The molecule has 0 saturated heterocycles. The first kappa shape index (κ1) is 20.5. The van der Waals surface area contributed by atoms with E-state index < -0.39 is 0 Å². The molecule has 0 bridgehead atoms. The number of rotatable bonds is 8. The third-order valence-electron chi connectivity index (χ3n) is 3.25. The number of nitrogens with one attached hydrogen (secondary N) is 1. The summed E-state index contributed by atoms with van der Waals surface area (Å²) in [6, 6.07) is 10.8. The fourth-order valence-electron chi connectivity index (χ4n) is 2.13. The monoisotopic (exact) mass is 482 g/mol. The maximum Gasteiger partial charge on any atom is 0.271 e. The van der Waals surface area contributed by atoms with Crippen molar-refractivity contribution in [2.45, 2.75) is 20.3 Å². The van der Waals surface area contributed by atoms with E-state index >= 15 is 0 Å². The van der Waals surface area contributed by atoms with Gasteiger partial charge in [-0.2, -0.15) is 5.10 Å². The molecule has 0 unspecified atom stereocenters. The molecule has 26 heavy (non-hydrogen) atoms. The van der Waals surface area contributed by atoms with Gasteiger partial charge in [0.1, 0.15) is 0 Å². The molecule has 0 radical (unpaired) electrons. The Morgan fingerprint density at radius 2 is 2.00 bits per heavy atom. The second kappa shape index (κ2) is 10.3. The standard InChI is InChI=1S/C19H20Br2N2O3/c1-3-8-26-18-16(21)9-13(10-17(18)25-4-2)12-22-23-19(24)14-6-5-7-15(20)11-14/h5-7,9-12H,3-4,8H2,1-2H3,(H,23,24)/b22-12+. The van der Waals surface area contributed by atoms with Crippen LogP contribution < -0.4 is 14.9 Å². The van der Waals surface area contributed by atoms with Crippen LogP contribution in [0.25, 0.3) is 0 Å². The van der Waals surface area contributed by atoms with Gasteiger partial charge in [0.05, 0.1) is 23.9 Å². The third-order valence-corrected chi connectivity index (χ3v) is 4.33. The first-order chi connectivity index (χ1) is 12.5. The number of ether oxygens (including phenoxy) is 2. The summed E-state index contributed by atoms with van der Waals surface area (Å²) in [6.07, 6.45) is 2.47. The van der Waals surface area contributed by atoms with Crippen molar-refractivity contribution < 1.29 is 14.3 Å². The molecule has 0 aliphatic heterocycles. The van der Waals surface area contributed by atoms with E-state index in [1.807, 2.05) is 32.0 Å². The van der Waals surface area contributed by atoms with Crippen molar-refractivity contribution in [3.05, 3.63) is 56.5 Å². The maximum atomic E-state index is 12.1. The molecule has 2 aromatic carbocycles. The summed E-state index contributed by atoms with van der Waals surface area (Å²) < 4.78 is 13.0. The third kappa shape index (κ3) is 5.85. The SMILES string of the molecule is CCCOc1c(Br)cc(/C=N/NC(=O)c2cccc(Br)c2)cc1OCC. The fraction of sp³-hybridized carbons (Fsp3) is 0.263. The molecule has 0 heterocycles. The van der Waals surface area contributed by atoms with Gasteiger partial charge in [0.25, 0.3) is 5.91 Å². The van der Waals surface area contributed by atoms with Gasteiger partial charge in [-0.15, -0.1) is 0 Å². The number of halogens is 2. The largest absolute Gasteiger partial charge is 0.490 e. The van der Waals surface area contributed by atoms with Crippen molar-refractivity contribution >= 4 is 44.0 Å². The van der Waals surface area contributed by atoms with Crippen LogP contribution in [-0.2, 0) is 0 Å². The summed E-state index contributed by atoms with van der Waals surface area (Å²) in [5.41, 5.74) is 3.82. The van der Waals surface area contributed by atoms with Crippen LogP contribution in [0.4, 0.5) is 0 Å². The van der Waals surface area contributed by atoms with Gasteiger partial charge in [0, 0.05) is 10.0 Å². The number of carbonyl (C=O) groups is 1. The Balaban J connectivity index is 2.12. The van der Waals surface area contributed by atoms with Gasteiger partial charge in [0.15, 0.2) is 11.5 Å². The lowest BCUT2D eigenvalue weighted by Crippen LogP contribution is -2.17. The van der Waals surface area contributed by atoms with E-state index in [9.17, 15) is 4.79 Å². The first-order valence-corrected chi connectivity index (χ1v) is 9.81. The van der Waals surface area contributed by atoms with E-state index in [4.69, 9.17) is 9.47 Å². The molecule has 1 amide bonds. The van der Waals surface area contributed by atoms with Crippen molar-refractivity contribution in [3.8, 4) is 11.5 Å². The molecule has 2 rings (SSSR count). The van der Waals surface area contributed by atoms with Crippen LogP contribution in [0.1, 0.15) is 36.2 Å². The minimum Gasteiger partial charge on any atom is -0.490 e. The number of hydrogen-bond acceptors (Lipinski definition) is 4. The highest BCUT2D eigenvalue weighted by Crippen LogP contribution is 2.36. The molecule has 0 saturated carbocycles. The summed E-state index contributed by atoms with van der Waals surface area (Å²) >= 11 is 6.85. The van der Waals surface area contributed by atoms with Crippen LogP contribution in [0, 0.1) is 0 Å². The van der Waals surface area contributed by atoms with Crippen molar-refractivity contribution in [1.82, 2.24) is 5.43 Å². The Labute approximate surface area is 170 Å². The van der Waals surface area contributed by atoms with Gasteiger partial charge in [-0.3, -0.25) is 4.79 Å². The molecule has 7 heteroatoms. The Morgan fingerprint density at radius 3 is 2.69 bits per heavy atom. The Kier molecular flexibility index (Phi) is 8.12. The number of benzene rings is 2. The van der Waals surface area contributed by atoms with Gasteiger partial charge in [-0.05, 0) is 65.2 Å². The summed E-state index contributed by atoms with van der Waals surface area (Å²) in [5, 5.41) is 4.02. The van der Waals surface area contributed by atoms with Crippen LogP contribution >= 0.6 is 31.9 Å². The zero-order valence-corrected chi connectivity index (χ0v) is 17.8. The smallest absolute Gasteiger partial charge is 0.271 e. The molecule has 0 atom stereocenters. The fourth-order valence-corrected chi connectivity index (χ4v) is 3.10. The molecule has 0 fully saturated rings. The molecule has 5 nitrogen and oxygen atoms in total. The topological polar surface area (TPSA) is 59.9 Å². The highest BCUT2D eigenvalue weighted by atomic mass is 79.9.